The van der Waals surface area contributed by atoms with Crippen LogP contribution in [-0.2, 0) is 17.6 Å². The molecule has 1 N–H and O–H groups in total. The molecule has 190 valence electrons. The minimum atomic E-state index is -0.865. The molecule has 7 heteroatoms. The molecule has 3 heterocycles. The molecule has 1 saturated heterocycles. The second-order valence-electron chi connectivity index (χ2n) is 10.3. The van der Waals surface area contributed by atoms with E-state index in [2.05, 4.69) is 23.7 Å². The Bertz CT molecular complexity index is 1210. The van der Waals surface area contributed by atoms with Crippen LogP contribution >= 0.6 is 0 Å². The quantitative estimate of drug-likeness (QED) is 0.431. The average molecular weight is 492 g/mol. The maximum absolute atomic E-state index is 13.1. The number of carboxylic acid groups (broad SMARTS) is 1. The number of hydrogen-bond acceptors (Lipinski definition) is 5. The van der Waals surface area contributed by atoms with Crippen molar-refractivity contribution in [1.82, 2.24) is 9.97 Å². The highest BCUT2D eigenvalue weighted by Gasteiger charge is 2.30. The maximum atomic E-state index is 13.1. The van der Waals surface area contributed by atoms with Crippen molar-refractivity contribution in [2.24, 2.45) is 5.41 Å². The molecule has 0 saturated carbocycles. The van der Waals surface area contributed by atoms with Gasteiger partial charge in [-0.3, -0.25) is 9.78 Å². The summed E-state index contributed by atoms with van der Waals surface area (Å²) in [6, 6.07) is 10.2. The number of pyridine rings is 2. The van der Waals surface area contributed by atoms with Crippen LogP contribution in [0.25, 0.3) is 11.1 Å². The van der Waals surface area contributed by atoms with Gasteiger partial charge in [-0.25, -0.2) is 9.37 Å². The van der Waals surface area contributed by atoms with Crippen molar-refractivity contribution in [2.75, 3.05) is 24.6 Å². The highest BCUT2D eigenvalue weighted by atomic mass is 19.1. The van der Waals surface area contributed by atoms with Crippen LogP contribution in [0.15, 0.2) is 42.6 Å². The van der Waals surface area contributed by atoms with E-state index in [1.165, 1.54) is 12.1 Å². The van der Waals surface area contributed by atoms with Crippen molar-refractivity contribution >= 4 is 11.7 Å². The molecule has 0 unspecified atom stereocenters. The van der Waals surface area contributed by atoms with Crippen molar-refractivity contribution < 1.29 is 19.0 Å². The fourth-order valence-corrected chi connectivity index (χ4v) is 4.80. The lowest BCUT2D eigenvalue weighted by Gasteiger charge is -2.40. The fourth-order valence-electron chi connectivity index (χ4n) is 4.80. The number of carboxylic acids is 1. The molecule has 4 rings (SSSR count). The van der Waals surface area contributed by atoms with Crippen LogP contribution in [0, 0.1) is 25.1 Å². The molecule has 0 aliphatic carbocycles. The first-order chi connectivity index (χ1) is 17.1. The molecule has 36 heavy (non-hydrogen) atoms. The summed E-state index contributed by atoms with van der Waals surface area (Å²) in [5.74, 6) is -0.612. The number of aliphatic carboxylic acids is 1. The van der Waals surface area contributed by atoms with Gasteiger partial charge in [0.1, 0.15) is 5.82 Å². The molecule has 6 nitrogen and oxygen atoms in total. The Balaban J connectivity index is 1.61. The molecule has 1 aliphatic rings. The second-order valence-corrected chi connectivity index (χ2v) is 10.3. The summed E-state index contributed by atoms with van der Waals surface area (Å²) < 4.78 is 18.9. The second kappa shape index (κ2) is 10.6. The van der Waals surface area contributed by atoms with Crippen molar-refractivity contribution in [2.45, 2.75) is 53.4 Å². The van der Waals surface area contributed by atoms with E-state index in [-0.39, 0.29) is 17.7 Å². The van der Waals surface area contributed by atoms with E-state index < -0.39 is 5.97 Å². The van der Waals surface area contributed by atoms with E-state index in [1.807, 2.05) is 26.0 Å². The number of carbonyl (C=O) groups is 1. The zero-order valence-electron chi connectivity index (χ0n) is 21.5. The SMILES string of the molecule is Cc1nc(C)c(-c2ccc(OCCc3ccc(F)cc3)nc2)c(N2CCC(C)(C)CC2)c1CC(=O)O. The Morgan fingerprint density at radius 3 is 2.39 bits per heavy atom. The van der Waals surface area contributed by atoms with Crippen LogP contribution in [0.2, 0.25) is 0 Å². The summed E-state index contributed by atoms with van der Waals surface area (Å²) >= 11 is 0. The topological polar surface area (TPSA) is 75.6 Å². The van der Waals surface area contributed by atoms with Crippen molar-refractivity contribution in [3.8, 4) is 17.0 Å². The third-order valence-electron chi connectivity index (χ3n) is 7.00. The highest BCUT2D eigenvalue weighted by Crippen LogP contribution is 2.41. The number of anilines is 1. The summed E-state index contributed by atoms with van der Waals surface area (Å²) in [4.78, 5) is 23.3. The van der Waals surface area contributed by atoms with Gasteiger partial charge < -0.3 is 14.7 Å². The number of aryl methyl sites for hydroxylation is 2. The molecule has 0 amide bonds. The Kier molecular flexibility index (Phi) is 7.57. The van der Waals surface area contributed by atoms with Crippen molar-refractivity contribution in [1.29, 1.82) is 0 Å². The molecular formula is C29H34FN3O3. The Labute approximate surface area is 212 Å². The largest absolute Gasteiger partial charge is 0.481 e. The minimum Gasteiger partial charge on any atom is -0.481 e. The number of piperidine rings is 1. The summed E-state index contributed by atoms with van der Waals surface area (Å²) in [5, 5.41) is 9.65. The minimum absolute atomic E-state index is 0.0701. The molecule has 0 bridgehead atoms. The van der Waals surface area contributed by atoms with E-state index in [0.29, 0.717) is 18.9 Å². The predicted octanol–water partition coefficient (Wildman–Crippen LogP) is 5.77. The van der Waals surface area contributed by atoms with Crippen LogP contribution in [-0.4, -0.2) is 40.7 Å². The fraction of sp³-hybridized carbons (Fsp3) is 0.414. The van der Waals surface area contributed by atoms with Crippen molar-refractivity contribution in [3.63, 3.8) is 0 Å². The smallest absolute Gasteiger partial charge is 0.307 e. The number of aromatic nitrogens is 2. The van der Waals surface area contributed by atoms with Gasteiger partial charge in [0, 0.05) is 59.9 Å². The van der Waals surface area contributed by atoms with Gasteiger partial charge in [-0.05, 0) is 55.9 Å². The van der Waals surface area contributed by atoms with E-state index in [9.17, 15) is 14.3 Å². The van der Waals surface area contributed by atoms with Crippen molar-refractivity contribution in [3.05, 3.63) is 70.9 Å². The van der Waals surface area contributed by atoms with E-state index in [1.54, 1.807) is 18.3 Å². The van der Waals surface area contributed by atoms with Gasteiger partial charge in [-0.1, -0.05) is 26.0 Å². The van der Waals surface area contributed by atoms with Gasteiger partial charge in [-0.15, -0.1) is 0 Å². The van der Waals surface area contributed by atoms with Gasteiger partial charge >= 0.3 is 5.97 Å². The third kappa shape index (κ3) is 6.01. The van der Waals surface area contributed by atoms with Crippen LogP contribution in [0.3, 0.4) is 0 Å². The first kappa shape index (κ1) is 25.6. The average Bonchev–Trinajstić information content (AvgIpc) is 2.82. The number of rotatable bonds is 8. The Morgan fingerprint density at radius 2 is 1.78 bits per heavy atom. The Morgan fingerprint density at radius 1 is 1.08 bits per heavy atom. The van der Waals surface area contributed by atoms with Gasteiger partial charge in [0.15, 0.2) is 0 Å². The normalized spacial score (nSPS) is 15.1. The molecule has 1 aliphatic heterocycles. The molecule has 3 aromatic rings. The van der Waals surface area contributed by atoms with E-state index in [4.69, 9.17) is 9.72 Å². The maximum Gasteiger partial charge on any atom is 0.307 e. The molecule has 1 fully saturated rings. The zero-order chi connectivity index (χ0) is 25.9. The van der Waals surface area contributed by atoms with Gasteiger partial charge in [0.05, 0.1) is 18.7 Å². The van der Waals surface area contributed by atoms with Gasteiger partial charge in [0.25, 0.3) is 0 Å². The standard InChI is InChI=1S/C29H34FN3O3/c1-19-24(17-26(34)35)28(33-14-12-29(3,4)13-15-33)27(20(2)32-19)22-7-10-25(31-18-22)36-16-11-21-5-8-23(30)9-6-21/h5-10,18H,11-17H2,1-4H3,(H,34,35). The molecule has 0 spiro atoms. The molecule has 0 atom stereocenters. The third-order valence-corrected chi connectivity index (χ3v) is 7.00. The lowest BCUT2D eigenvalue weighted by atomic mass is 9.82. The predicted molar refractivity (Wildman–Crippen MR) is 139 cm³/mol. The van der Waals surface area contributed by atoms with Crippen LogP contribution < -0.4 is 9.64 Å². The summed E-state index contributed by atoms with van der Waals surface area (Å²) in [6.45, 7) is 10.6. The number of halogens is 1. The summed E-state index contributed by atoms with van der Waals surface area (Å²) in [5.41, 5.74) is 6.43. The van der Waals surface area contributed by atoms with Crippen LogP contribution in [0.4, 0.5) is 10.1 Å². The molecular weight excluding hydrogens is 457 g/mol. The number of ether oxygens (including phenoxy) is 1. The number of nitrogens with zero attached hydrogens (tertiary/aromatic N) is 3. The highest BCUT2D eigenvalue weighted by molar-refractivity contribution is 5.86. The number of benzene rings is 1. The lowest BCUT2D eigenvalue weighted by molar-refractivity contribution is -0.136. The first-order valence-electron chi connectivity index (χ1n) is 12.4. The first-order valence-corrected chi connectivity index (χ1v) is 12.4. The van der Waals surface area contributed by atoms with E-state index >= 15 is 0 Å². The monoisotopic (exact) mass is 491 g/mol. The summed E-state index contributed by atoms with van der Waals surface area (Å²) in [6.07, 6.45) is 4.43. The lowest BCUT2D eigenvalue weighted by Crippen LogP contribution is -2.38. The summed E-state index contributed by atoms with van der Waals surface area (Å²) in [7, 11) is 0. The van der Waals surface area contributed by atoms with Crippen LogP contribution in [0.5, 0.6) is 5.88 Å². The zero-order valence-corrected chi connectivity index (χ0v) is 21.5. The van der Waals surface area contributed by atoms with Gasteiger partial charge in [-0.2, -0.15) is 0 Å². The molecule has 0 radical (unpaired) electrons. The van der Waals surface area contributed by atoms with Crippen LogP contribution in [0.1, 0.15) is 49.2 Å². The molecule has 1 aromatic carbocycles. The van der Waals surface area contributed by atoms with E-state index in [0.717, 1.165) is 65.3 Å². The number of hydrogen-bond donors (Lipinski definition) is 1. The molecule has 2 aromatic heterocycles. The van der Waals surface area contributed by atoms with Gasteiger partial charge in [0.2, 0.25) is 5.88 Å². The Hall–Kier alpha value is -3.48.